The number of benzene rings is 1. The molecule has 0 bridgehead atoms. The van der Waals surface area contributed by atoms with Gasteiger partial charge in [0, 0.05) is 50.5 Å². The molecule has 2 aliphatic rings. The molecule has 1 aliphatic heterocycles. The molecule has 0 radical (unpaired) electrons. The maximum atomic E-state index is 13.9. The van der Waals surface area contributed by atoms with Gasteiger partial charge in [-0.15, -0.1) is 0 Å². The molecule has 148 valence electrons. The molecule has 1 saturated heterocycles. The lowest BCUT2D eigenvalue weighted by Crippen LogP contribution is -2.48. The van der Waals surface area contributed by atoms with Crippen LogP contribution in [0.2, 0.25) is 0 Å². The third kappa shape index (κ3) is 4.16. The van der Waals surface area contributed by atoms with Gasteiger partial charge >= 0.3 is 0 Å². The predicted octanol–water partition coefficient (Wildman–Crippen LogP) is 2.99. The molecule has 4 rings (SSSR count). The monoisotopic (exact) mass is 384 g/mol. The van der Waals surface area contributed by atoms with Gasteiger partial charge in [-0.1, -0.05) is 0 Å². The van der Waals surface area contributed by atoms with Crippen LogP contribution in [0.4, 0.5) is 27.5 Å². The normalized spacial score (nSPS) is 17.2. The first-order valence-electron chi connectivity index (χ1n) is 9.75. The van der Waals surface area contributed by atoms with Gasteiger partial charge in [0.1, 0.15) is 0 Å². The fourth-order valence-electron chi connectivity index (χ4n) is 3.44. The van der Waals surface area contributed by atoms with Crippen molar-refractivity contribution in [2.24, 2.45) is 0 Å². The number of amides is 1. The first-order valence-corrected chi connectivity index (χ1v) is 9.75. The van der Waals surface area contributed by atoms with Gasteiger partial charge in [-0.2, -0.15) is 4.98 Å². The van der Waals surface area contributed by atoms with Crippen LogP contribution < -0.4 is 15.5 Å². The lowest BCUT2D eigenvalue weighted by Gasteiger charge is -2.35. The van der Waals surface area contributed by atoms with E-state index in [1.54, 1.807) is 6.92 Å². The van der Waals surface area contributed by atoms with E-state index in [4.69, 9.17) is 0 Å². The van der Waals surface area contributed by atoms with Gasteiger partial charge in [-0.3, -0.25) is 4.79 Å². The van der Waals surface area contributed by atoms with Gasteiger partial charge < -0.3 is 20.4 Å². The van der Waals surface area contributed by atoms with Crippen LogP contribution in [-0.2, 0) is 4.79 Å². The van der Waals surface area contributed by atoms with Gasteiger partial charge in [0.05, 0.1) is 6.20 Å². The van der Waals surface area contributed by atoms with Crippen molar-refractivity contribution in [1.82, 2.24) is 14.9 Å². The van der Waals surface area contributed by atoms with Crippen molar-refractivity contribution in [2.75, 3.05) is 41.7 Å². The number of nitrogens with one attached hydrogen (secondary N) is 2. The molecule has 2 heterocycles. The topological polar surface area (TPSA) is 73.4 Å². The summed E-state index contributed by atoms with van der Waals surface area (Å²) >= 11 is 0. The summed E-state index contributed by atoms with van der Waals surface area (Å²) in [6.07, 6.45) is 4.47. The summed E-state index contributed by atoms with van der Waals surface area (Å²) in [5.74, 6) is 0.315. The van der Waals surface area contributed by atoms with E-state index < -0.39 is 5.82 Å². The number of anilines is 4. The number of nitrogens with zero attached hydrogens (tertiary/aromatic N) is 4. The molecule has 8 heteroatoms. The Hall–Kier alpha value is -2.90. The Labute approximate surface area is 164 Å². The first kappa shape index (κ1) is 18.5. The Balaban J connectivity index is 1.38. The molecular weight excluding hydrogens is 359 g/mol. The van der Waals surface area contributed by atoms with Crippen LogP contribution >= 0.6 is 0 Å². The minimum Gasteiger partial charge on any atom is -0.368 e. The number of aromatic nitrogens is 2. The van der Waals surface area contributed by atoms with Crippen molar-refractivity contribution in [3.05, 3.63) is 36.3 Å². The molecule has 0 atom stereocenters. The van der Waals surface area contributed by atoms with Crippen molar-refractivity contribution in [3.63, 3.8) is 0 Å². The highest BCUT2D eigenvalue weighted by Crippen LogP contribution is 2.25. The van der Waals surface area contributed by atoms with Gasteiger partial charge in [-0.05, 0) is 43.5 Å². The molecule has 28 heavy (non-hydrogen) atoms. The van der Waals surface area contributed by atoms with Crippen LogP contribution in [0.5, 0.6) is 0 Å². The molecule has 1 aromatic heterocycles. The second kappa shape index (κ2) is 8.00. The van der Waals surface area contributed by atoms with E-state index in [-0.39, 0.29) is 11.7 Å². The van der Waals surface area contributed by atoms with E-state index in [1.165, 1.54) is 12.6 Å². The fraction of sp³-hybridized carbons (Fsp3) is 0.450. The predicted molar refractivity (Wildman–Crippen MR) is 107 cm³/mol. The Bertz CT molecular complexity index is 831. The molecule has 0 spiro atoms. The molecule has 1 saturated carbocycles. The van der Waals surface area contributed by atoms with E-state index in [1.807, 2.05) is 29.2 Å². The molecular formula is C20H25FN6O. The summed E-state index contributed by atoms with van der Waals surface area (Å²) in [5.41, 5.74) is 1.95. The highest BCUT2D eigenvalue weighted by Gasteiger charge is 2.20. The minimum atomic E-state index is -0.433. The number of rotatable bonds is 5. The third-order valence-corrected chi connectivity index (χ3v) is 5.40. The van der Waals surface area contributed by atoms with Crippen molar-refractivity contribution in [2.45, 2.75) is 32.2 Å². The zero-order valence-electron chi connectivity index (χ0n) is 16.0. The van der Waals surface area contributed by atoms with Crippen LogP contribution in [0.1, 0.15) is 26.2 Å². The minimum absolute atomic E-state index is 0.129. The van der Waals surface area contributed by atoms with Crippen LogP contribution in [0.15, 0.2) is 30.5 Å². The SMILES string of the molecule is CC(=O)N1CCN(c2ccc(Nc3ncc(F)c(NC4CCC4)n3)cc2)CC1. The standard InChI is InChI=1S/C20H25FN6O/c1-14(28)26-9-11-27(12-10-26)17-7-5-16(6-8-17)24-20-22-13-18(21)19(25-20)23-15-3-2-4-15/h5-8,13,15H,2-4,9-12H2,1H3,(H2,22,23,24,25). The maximum Gasteiger partial charge on any atom is 0.229 e. The molecule has 2 aromatic rings. The lowest BCUT2D eigenvalue weighted by molar-refractivity contribution is -0.129. The van der Waals surface area contributed by atoms with Crippen LogP contribution in [0.25, 0.3) is 0 Å². The summed E-state index contributed by atoms with van der Waals surface area (Å²) in [5, 5.41) is 6.27. The highest BCUT2D eigenvalue weighted by molar-refractivity contribution is 5.73. The van der Waals surface area contributed by atoms with E-state index in [0.717, 1.165) is 50.4 Å². The van der Waals surface area contributed by atoms with E-state index in [0.29, 0.717) is 12.0 Å². The zero-order chi connectivity index (χ0) is 19.5. The van der Waals surface area contributed by atoms with Crippen molar-refractivity contribution in [1.29, 1.82) is 0 Å². The molecule has 1 aromatic carbocycles. The van der Waals surface area contributed by atoms with Crippen LogP contribution in [0.3, 0.4) is 0 Å². The second-order valence-electron chi connectivity index (χ2n) is 7.33. The molecule has 1 amide bonds. The number of carbonyl (C=O) groups excluding carboxylic acids is 1. The molecule has 1 aliphatic carbocycles. The summed E-state index contributed by atoms with van der Waals surface area (Å²) in [4.78, 5) is 23.9. The lowest BCUT2D eigenvalue weighted by atomic mass is 9.93. The first-order chi connectivity index (χ1) is 13.6. The van der Waals surface area contributed by atoms with E-state index in [2.05, 4.69) is 25.5 Å². The van der Waals surface area contributed by atoms with Crippen molar-refractivity contribution >= 4 is 29.0 Å². The summed E-state index contributed by atoms with van der Waals surface area (Å²) in [6.45, 7) is 4.75. The van der Waals surface area contributed by atoms with Gasteiger partial charge in [0.15, 0.2) is 11.6 Å². The second-order valence-corrected chi connectivity index (χ2v) is 7.33. The van der Waals surface area contributed by atoms with Gasteiger partial charge in [0.25, 0.3) is 0 Å². The molecule has 7 nitrogen and oxygen atoms in total. The number of hydrogen-bond acceptors (Lipinski definition) is 6. The zero-order valence-corrected chi connectivity index (χ0v) is 16.0. The summed E-state index contributed by atoms with van der Waals surface area (Å²) in [7, 11) is 0. The molecule has 2 N–H and O–H groups in total. The Morgan fingerprint density at radius 3 is 2.46 bits per heavy atom. The Kier molecular flexibility index (Phi) is 5.27. The largest absolute Gasteiger partial charge is 0.368 e. The van der Waals surface area contributed by atoms with Crippen molar-refractivity contribution in [3.8, 4) is 0 Å². The summed E-state index contributed by atoms with van der Waals surface area (Å²) in [6, 6.07) is 8.28. The number of hydrogen-bond donors (Lipinski definition) is 2. The smallest absolute Gasteiger partial charge is 0.229 e. The van der Waals surface area contributed by atoms with Crippen LogP contribution in [0, 0.1) is 5.82 Å². The summed E-state index contributed by atoms with van der Waals surface area (Å²) < 4.78 is 13.9. The van der Waals surface area contributed by atoms with Gasteiger partial charge in [0.2, 0.25) is 11.9 Å². The van der Waals surface area contributed by atoms with E-state index >= 15 is 0 Å². The third-order valence-electron chi connectivity index (χ3n) is 5.40. The van der Waals surface area contributed by atoms with Gasteiger partial charge in [-0.25, -0.2) is 9.37 Å². The van der Waals surface area contributed by atoms with Crippen molar-refractivity contribution < 1.29 is 9.18 Å². The maximum absolute atomic E-state index is 13.9. The number of halogens is 1. The molecule has 2 fully saturated rings. The Morgan fingerprint density at radius 2 is 1.86 bits per heavy atom. The molecule has 0 unspecified atom stereocenters. The quantitative estimate of drug-likeness (QED) is 0.826. The fourth-order valence-corrected chi connectivity index (χ4v) is 3.44. The number of piperazine rings is 1. The number of carbonyl (C=O) groups is 1. The van der Waals surface area contributed by atoms with Crippen LogP contribution in [-0.4, -0.2) is 53.0 Å². The average Bonchev–Trinajstić information content (AvgIpc) is 2.67. The van der Waals surface area contributed by atoms with E-state index in [9.17, 15) is 9.18 Å². The Morgan fingerprint density at radius 1 is 1.14 bits per heavy atom. The average molecular weight is 384 g/mol. The highest BCUT2D eigenvalue weighted by atomic mass is 19.1.